The summed E-state index contributed by atoms with van der Waals surface area (Å²) in [7, 11) is 3.17. The van der Waals surface area contributed by atoms with Crippen LogP contribution in [0, 0.1) is 0 Å². The van der Waals surface area contributed by atoms with Gasteiger partial charge in [0.25, 0.3) is 0 Å². The zero-order valence-corrected chi connectivity index (χ0v) is 13.1. The summed E-state index contributed by atoms with van der Waals surface area (Å²) < 4.78 is 11.4. The third kappa shape index (κ3) is 2.91. The van der Waals surface area contributed by atoms with Gasteiger partial charge in [-0.1, -0.05) is 6.07 Å². The summed E-state index contributed by atoms with van der Waals surface area (Å²) in [5, 5.41) is 9.22. The van der Waals surface area contributed by atoms with Crippen molar-refractivity contribution >= 4 is 21.9 Å². The Bertz CT molecular complexity index is 506. The van der Waals surface area contributed by atoms with Gasteiger partial charge in [0.2, 0.25) is 0 Å². The molecule has 0 aliphatic carbocycles. The molecule has 1 saturated heterocycles. The molecule has 5 nitrogen and oxygen atoms in total. The number of likely N-dealkylation sites (tertiary alicyclic amines) is 1. The van der Waals surface area contributed by atoms with Crippen LogP contribution in [0.25, 0.3) is 0 Å². The monoisotopic (exact) mass is 343 g/mol. The SMILES string of the molecule is COc1ccc(CN2CCC[C@H]2C(=O)O)c(Br)c1OC. The zero-order chi connectivity index (χ0) is 14.7. The minimum Gasteiger partial charge on any atom is -0.493 e. The molecule has 1 fully saturated rings. The fraction of sp³-hybridized carbons (Fsp3) is 0.500. The fourth-order valence-electron chi connectivity index (χ4n) is 2.57. The Morgan fingerprint density at radius 3 is 2.80 bits per heavy atom. The van der Waals surface area contributed by atoms with Crippen molar-refractivity contribution in [3.05, 3.63) is 22.2 Å². The Labute approximate surface area is 126 Å². The zero-order valence-electron chi connectivity index (χ0n) is 11.6. The highest BCUT2D eigenvalue weighted by Crippen LogP contribution is 2.38. The lowest BCUT2D eigenvalue weighted by Gasteiger charge is -2.22. The van der Waals surface area contributed by atoms with Gasteiger partial charge in [0.15, 0.2) is 11.5 Å². The van der Waals surface area contributed by atoms with Gasteiger partial charge < -0.3 is 14.6 Å². The third-order valence-corrected chi connectivity index (χ3v) is 4.46. The molecule has 1 atom stereocenters. The van der Waals surface area contributed by atoms with Crippen LogP contribution in [0.2, 0.25) is 0 Å². The fourth-order valence-corrected chi connectivity index (χ4v) is 3.18. The van der Waals surface area contributed by atoms with Crippen LogP contribution in [-0.4, -0.2) is 42.8 Å². The van der Waals surface area contributed by atoms with Crippen LogP contribution >= 0.6 is 15.9 Å². The van der Waals surface area contributed by atoms with E-state index in [1.54, 1.807) is 14.2 Å². The van der Waals surface area contributed by atoms with E-state index in [2.05, 4.69) is 15.9 Å². The molecule has 20 heavy (non-hydrogen) atoms. The van der Waals surface area contributed by atoms with Gasteiger partial charge in [0, 0.05) is 6.54 Å². The summed E-state index contributed by atoms with van der Waals surface area (Å²) in [6, 6.07) is 3.38. The molecular weight excluding hydrogens is 326 g/mol. The van der Waals surface area contributed by atoms with Crippen molar-refractivity contribution in [2.75, 3.05) is 20.8 Å². The number of hydrogen-bond donors (Lipinski definition) is 1. The largest absolute Gasteiger partial charge is 0.493 e. The van der Waals surface area contributed by atoms with Crippen LogP contribution in [0.5, 0.6) is 11.5 Å². The molecule has 2 rings (SSSR count). The molecule has 0 spiro atoms. The molecule has 1 N–H and O–H groups in total. The number of carboxylic acids is 1. The summed E-state index contributed by atoms with van der Waals surface area (Å²) in [4.78, 5) is 13.2. The number of rotatable bonds is 5. The van der Waals surface area contributed by atoms with Crippen molar-refractivity contribution in [1.82, 2.24) is 4.90 Å². The first-order chi connectivity index (χ1) is 9.58. The van der Waals surface area contributed by atoms with E-state index in [0.717, 1.165) is 23.0 Å². The van der Waals surface area contributed by atoms with Gasteiger partial charge in [0.1, 0.15) is 6.04 Å². The van der Waals surface area contributed by atoms with E-state index < -0.39 is 12.0 Å². The van der Waals surface area contributed by atoms with E-state index in [1.807, 2.05) is 17.0 Å². The average Bonchev–Trinajstić information content (AvgIpc) is 2.89. The van der Waals surface area contributed by atoms with Gasteiger partial charge in [-0.15, -0.1) is 0 Å². The highest BCUT2D eigenvalue weighted by molar-refractivity contribution is 9.10. The summed E-state index contributed by atoms with van der Waals surface area (Å²) in [5.41, 5.74) is 0.996. The Hall–Kier alpha value is -1.27. The second-order valence-corrected chi connectivity index (χ2v) is 5.53. The topological polar surface area (TPSA) is 59.0 Å². The molecular formula is C14H18BrNO4. The van der Waals surface area contributed by atoms with E-state index in [9.17, 15) is 9.90 Å². The molecule has 1 aromatic rings. The molecule has 1 aromatic carbocycles. The van der Waals surface area contributed by atoms with E-state index >= 15 is 0 Å². The highest BCUT2D eigenvalue weighted by atomic mass is 79.9. The van der Waals surface area contributed by atoms with Crippen molar-refractivity contribution in [2.24, 2.45) is 0 Å². The van der Waals surface area contributed by atoms with Crippen molar-refractivity contribution in [3.63, 3.8) is 0 Å². The number of carboxylic acid groups (broad SMARTS) is 1. The van der Waals surface area contributed by atoms with Gasteiger partial charge in [0.05, 0.1) is 18.7 Å². The normalized spacial score (nSPS) is 19.1. The minimum atomic E-state index is -0.751. The number of halogens is 1. The number of carbonyl (C=O) groups is 1. The van der Waals surface area contributed by atoms with Gasteiger partial charge >= 0.3 is 5.97 Å². The summed E-state index contributed by atoms with van der Waals surface area (Å²) in [6.45, 7) is 1.38. The molecule has 1 heterocycles. The van der Waals surface area contributed by atoms with E-state index in [1.165, 1.54) is 0 Å². The van der Waals surface area contributed by atoms with Gasteiger partial charge in [-0.05, 0) is 46.9 Å². The predicted molar refractivity (Wildman–Crippen MR) is 78.3 cm³/mol. The lowest BCUT2D eigenvalue weighted by atomic mass is 10.1. The second kappa shape index (κ2) is 6.45. The molecule has 0 aromatic heterocycles. The highest BCUT2D eigenvalue weighted by Gasteiger charge is 2.31. The first-order valence-corrected chi connectivity index (χ1v) is 7.24. The van der Waals surface area contributed by atoms with Gasteiger partial charge in [-0.2, -0.15) is 0 Å². The van der Waals surface area contributed by atoms with E-state index in [0.29, 0.717) is 24.5 Å². The maximum atomic E-state index is 11.2. The molecule has 1 aliphatic rings. The Morgan fingerprint density at radius 2 is 2.20 bits per heavy atom. The first kappa shape index (κ1) is 15.1. The quantitative estimate of drug-likeness (QED) is 0.890. The molecule has 0 unspecified atom stereocenters. The lowest BCUT2D eigenvalue weighted by molar-refractivity contribution is -0.142. The first-order valence-electron chi connectivity index (χ1n) is 6.44. The average molecular weight is 344 g/mol. The summed E-state index contributed by atoms with van der Waals surface area (Å²) in [5.74, 6) is 0.537. The number of nitrogens with zero attached hydrogens (tertiary/aromatic N) is 1. The van der Waals surface area contributed by atoms with Gasteiger partial charge in [-0.25, -0.2) is 0 Å². The van der Waals surface area contributed by atoms with Crippen LogP contribution in [-0.2, 0) is 11.3 Å². The van der Waals surface area contributed by atoms with E-state index in [4.69, 9.17) is 9.47 Å². The van der Waals surface area contributed by atoms with Crippen molar-refractivity contribution in [2.45, 2.75) is 25.4 Å². The van der Waals surface area contributed by atoms with Crippen LogP contribution in [0.3, 0.4) is 0 Å². The molecule has 1 aliphatic heterocycles. The maximum Gasteiger partial charge on any atom is 0.320 e. The number of ether oxygens (including phenoxy) is 2. The van der Waals surface area contributed by atoms with Crippen molar-refractivity contribution < 1.29 is 19.4 Å². The molecule has 0 bridgehead atoms. The van der Waals surface area contributed by atoms with Gasteiger partial charge in [-0.3, -0.25) is 9.69 Å². The number of aliphatic carboxylic acids is 1. The Morgan fingerprint density at radius 1 is 1.45 bits per heavy atom. The summed E-state index contributed by atoms with van der Waals surface area (Å²) >= 11 is 3.52. The molecule has 0 radical (unpaired) electrons. The van der Waals surface area contributed by atoms with Crippen LogP contribution in [0.4, 0.5) is 0 Å². The van der Waals surface area contributed by atoms with E-state index in [-0.39, 0.29) is 0 Å². The molecule has 0 amide bonds. The maximum absolute atomic E-state index is 11.2. The molecule has 110 valence electrons. The third-order valence-electron chi connectivity index (χ3n) is 3.59. The van der Waals surface area contributed by atoms with Crippen LogP contribution in [0.15, 0.2) is 16.6 Å². The van der Waals surface area contributed by atoms with Crippen LogP contribution < -0.4 is 9.47 Å². The minimum absolute atomic E-state index is 0.394. The Balaban J connectivity index is 2.23. The summed E-state index contributed by atoms with van der Waals surface area (Å²) in [6.07, 6.45) is 1.63. The lowest BCUT2D eigenvalue weighted by Crippen LogP contribution is -2.35. The standard InChI is InChI=1S/C14H18BrNO4/c1-19-11-6-5-9(12(15)13(11)20-2)8-16-7-3-4-10(16)14(17)18/h5-6,10H,3-4,7-8H2,1-2H3,(H,17,18)/t10-/m0/s1. The second-order valence-electron chi connectivity index (χ2n) is 4.74. The smallest absolute Gasteiger partial charge is 0.320 e. The number of methoxy groups -OCH3 is 2. The number of benzene rings is 1. The van der Waals surface area contributed by atoms with Crippen molar-refractivity contribution in [3.8, 4) is 11.5 Å². The molecule has 0 saturated carbocycles. The molecule has 6 heteroatoms. The predicted octanol–water partition coefficient (Wildman–Crippen LogP) is 2.52. The van der Waals surface area contributed by atoms with Crippen LogP contribution in [0.1, 0.15) is 18.4 Å². The Kier molecular flexibility index (Phi) is 4.88. The van der Waals surface area contributed by atoms with Crippen molar-refractivity contribution in [1.29, 1.82) is 0 Å². The number of hydrogen-bond acceptors (Lipinski definition) is 4.